The molecule has 10 heteroatoms. The molecule has 1 aliphatic heterocycles. The van der Waals surface area contributed by atoms with Gasteiger partial charge in [0.25, 0.3) is 0 Å². The molecular formula is C20H25N9O. The number of hydrogen-bond donors (Lipinski definition) is 1. The smallest absolute Gasteiger partial charge is 0.245 e. The van der Waals surface area contributed by atoms with Gasteiger partial charge in [-0.1, -0.05) is 0 Å². The number of nitrogens with zero attached hydrogens (tertiary/aromatic N) is 8. The Hall–Kier alpha value is -3.43. The molecule has 4 aromatic rings. The number of nitrogen functional groups attached to an aromatic ring is 1. The highest BCUT2D eigenvalue weighted by Gasteiger charge is 2.30. The quantitative estimate of drug-likeness (QED) is 0.549. The summed E-state index contributed by atoms with van der Waals surface area (Å²) in [5, 5.41) is 9.15. The number of aryl methyl sites for hydroxylation is 2. The monoisotopic (exact) mass is 407 g/mol. The van der Waals surface area contributed by atoms with Gasteiger partial charge in [0.15, 0.2) is 11.5 Å². The second kappa shape index (κ2) is 7.12. The van der Waals surface area contributed by atoms with Gasteiger partial charge in [0.05, 0.1) is 18.1 Å². The summed E-state index contributed by atoms with van der Waals surface area (Å²) in [5.74, 6) is 1.69. The largest absolute Gasteiger partial charge is 0.443 e. The van der Waals surface area contributed by atoms with E-state index in [9.17, 15) is 0 Å². The predicted molar refractivity (Wildman–Crippen MR) is 112 cm³/mol. The van der Waals surface area contributed by atoms with Gasteiger partial charge in [0.2, 0.25) is 11.8 Å². The van der Waals surface area contributed by atoms with E-state index in [1.165, 1.54) is 6.26 Å². The van der Waals surface area contributed by atoms with Gasteiger partial charge in [0, 0.05) is 36.8 Å². The van der Waals surface area contributed by atoms with Crippen molar-refractivity contribution in [2.45, 2.75) is 52.1 Å². The minimum Gasteiger partial charge on any atom is -0.443 e. The maximum Gasteiger partial charge on any atom is 0.245 e. The van der Waals surface area contributed by atoms with Crippen LogP contribution in [0.1, 0.15) is 44.0 Å². The summed E-state index contributed by atoms with van der Waals surface area (Å²) >= 11 is 0. The zero-order valence-electron chi connectivity index (χ0n) is 17.4. The first-order valence-corrected chi connectivity index (χ1v) is 10.3. The maximum atomic E-state index is 6.19. The van der Waals surface area contributed by atoms with Crippen LogP contribution in [0.4, 0.5) is 11.6 Å². The van der Waals surface area contributed by atoms with Crippen molar-refractivity contribution in [3.05, 3.63) is 36.2 Å². The van der Waals surface area contributed by atoms with Gasteiger partial charge in [-0.25, -0.2) is 15.0 Å². The van der Waals surface area contributed by atoms with Crippen molar-refractivity contribution in [2.75, 3.05) is 17.2 Å². The summed E-state index contributed by atoms with van der Waals surface area (Å²) in [4.78, 5) is 15.9. The number of fused-ring (bicyclic) bond motifs is 1. The highest BCUT2D eigenvalue weighted by atomic mass is 16.3. The topological polar surface area (TPSA) is 116 Å². The molecule has 30 heavy (non-hydrogen) atoms. The third-order valence-corrected chi connectivity index (χ3v) is 5.91. The second-order valence-electron chi connectivity index (χ2n) is 7.82. The molecule has 1 saturated heterocycles. The summed E-state index contributed by atoms with van der Waals surface area (Å²) in [6.07, 6.45) is 9.23. The Kier molecular flexibility index (Phi) is 4.41. The average Bonchev–Trinajstić information content (AvgIpc) is 3.51. The molecule has 1 fully saturated rings. The minimum absolute atomic E-state index is 0.204. The fourth-order valence-corrected chi connectivity index (χ4v) is 4.16. The molecule has 2 N–H and O–H groups in total. The third-order valence-electron chi connectivity index (χ3n) is 5.91. The summed E-state index contributed by atoms with van der Waals surface area (Å²) in [7, 11) is 0. The molecule has 0 aliphatic carbocycles. The van der Waals surface area contributed by atoms with Crippen LogP contribution < -0.4 is 10.6 Å². The van der Waals surface area contributed by atoms with Crippen molar-refractivity contribution in [2.24, 2.45) is 0 Å². The van der Waals surface area contributed by atoms with E-state index in [0.29, 0.717) is 23.3 Å². The van der Waals surface area contributed by atoms with Gasteiger partial charge in [0.1, 0.15) is 12.0 Å². The summed E-state index contributed by atoms with van der Waals surface area (Å²) < 4.78 is 8.99. The van der Waals surface area contributed by atoms with Gasteiger partial charge < -0.3 is 15.1 Å². The lowest BCUT2D eigenvalue weighted by atomic mass is 9.92. The van der Waals surface area contributed by atoms with E-state index in [-0.39, 0.29) is 11.9 Å². The lowest BCUT2D eigenvalue weighted by molar-refractivity contribution is 0.426. The van der Waals surface area contributed by atoms with E-state index in [1.54, 1.807) is 10.7 Å². The summed E-state index contributed by atoms with van der Waals surface area (Å²) in [6, 6.07) is 0.442. The molecule has 0 bridgehead atoms. The number of nitrogens with two attached hydrogens (primary N) is 1. The van der Waals surface area contributed by atoms with Gasteiger partial charge >= 0.3 is 0 Å². The Morgan fingerprint density at radius 2 is 2.13 bits per heavy atom. The molecule has 2 atom stereocenters. The van der Waals surface area contributed by atoms with Crippen molar-refractivity contribution in [1.29, 1.82) is 0 Å². The zero-order chi connectivity index (χ0) is 20.8. The van der Waals surface area contributed by atoms with Crippen LogP contribution in [0.3, 0.4) is 0 Å². The standard InChI is InChI=1S/C20H25N9O/c1-4-27-11-15(9-23-27)28-10-14(6-5-12(28)2)17-25-18-13(3)16(19-22-7-8-30-19)24-20(21)29(18)26-17/h7-9,11-12,14H,4-6,10H2,1-3H3,(H2,21,24)/t12-,14+/m1/s1. The Morgan fingerprint density at radius 1 is 1.27 bits per heavy atom. The summed E-state index contributed by atoms with van der Waals surface area (Å²) in [5.41, 5.74) is 9.46. The number of aromatic nitrogens is 7. The molecule has 0 amide bonds. The van der Waals surface area contributed by atoms with Crippen LogP contribution in [0.2, 0.25) is 0 Å². The third kappa shape index (κ3) is 2.99. The number of piperidine rings is 1. The van der Waals surface area contributed by atoms with Gasteiger partial charge in [-0.3, -0.25) is 4.68 Å². The van der Waals surface area contributed by atoms with Crippen molar-refractivity contribution in [1.82, 2.24) is 34.3 Å². The molecule has 0 unspecified atom stereocenters. The van der Waals surface area contributed by atoms with Gasteiger partial charge in [-0.05, 0) is 33.6 Å². The van der Waals surface area contributed by atoms with E-state index >= 15 is 0 Å². The summed E-state index contributed by atoms with van der Waals surface area (Å²) in [6.45, 7) is 7.98. The molecule has 156 valence electrons. The molecule has 4 aromatic heterocycles. The minimum atomic E-state index is 0.204. The highest BCUT2D eigenvalue weighted by molar-refractivity contribution is 5.65. The number of rotatable bonds is 4. The Balaban J connectivity index is 1.50. The molecule has 0 spiro atoms. The van der Waals surface area contributed by atoms with Crippen LogP contribution in [-0.2, 0) is 6.54 Å². The number of oxazole rings is 1. The molecule has 10 nitrogen and oxygen atoms in total. The number of anilines is 2. The first-order valence-electron chi connectivity index (χ1n) is 10.3. The van der Waals surface area contributed by atoms with Gasteiger partial charge in [-0.2, -0.15) is 9.61 Å². The predicted octanol–water partition coefficient (Wildman–Crippen LogP) is 2.66. The van der Waals surface area contributed by atoms with Crippen LogP contribution in [0.25, 0.3) is 17.2 Å². The van der Waals surface area contributed by atoms with Gasteiger partial charge in [-0.15, -0.1) is 5.10 Å². The molecule has 5 heterocycles. The first kappa shape index (κ1) is 18.6. The lowest BCUT2D eigenvalue weighted by Gasteiger charge is -2.37. The van der Waals surface area contributed by atoms with E-state index in [2.05, 4.69) is 40.0 Å². The van der Waals surface area contributed by atoms with Crippen molar-refractivity contribution < 1.29 is 4.42 Å². The normalized spacial score (nSPS) is 19.6. The van der Waals surface area contributed by atoms with Crippen LogP contribution >= 0.6 is 0 Å². The first-order chi connectivity index (χ1) is 14.5. The fourth-order valence-electron chi connectivity index (χ4n) is 4.16. The van der Waals surface area contributed by atoms with Crippen LogP contribution in [0.15, 0.2) is 29.3 Å². The highest BCUT2D eigenvalue weighted by Crippen LogP contribution is 2.33. The number of hydrogen-bond acceptors (Lipinski definition) is 8. The SMILES string of the molecule is CCn1cc(N2C[C@@H](c3nc4c(C)c(-c5ncco5)nc(N)n4n3)CC[C@H]2C)cn1. The van der Waals surface area contributed by atoms with Crippen molar-refractivity contribution >= 4 is 17.3 Å². The molecular weight excluding hydrogens is 382 g/mol. The van der Waals surface area contributed by atoms with Crippen LogP contribution in [-0.4, -0.2) is 46.9 Å². The van der Waals surface area contributed by atoms with E-state index in [4.69, 9.17) is 20.2 Å². The lowest BCUT2D eigenvalue weighted by Crippen LogP contribution is -2.41. The molecule has 0 saturated carbocycles. The second-order valence-corrected chi connectivity index (χ2v) is 7.82. The Labute approximate surface area is 173 Å². The molecule has 0 aromatic carbocycles. The molecule has 0 radical (unpaired) electrons. The Bertz CT molecular complexity index is 1180. The van der Waals surface area contributed by atoms with Crippen LogP contribution in [0, 0.1) is 6.92 Å². The zero-order valence-corrected chi connectivity index (χ0v) is 17.4. The van der Waals surface area contributed by atoms with E-state index in [1.807, 2.05) is 17.8 Å². The molecule has 1 aliphatic rings. The van der Waals surface area contributed by atoms with Crippen LogP contribution in [0.5, 0.6) is 0 Å². The van der Waals surface area contributed by atoms with E-state index in [0.717, 1.165) is 43.0 Å². The van der Waals surface area contributed by atoms with Crippen molar-refractivity contribution in [3.8, 4) is 11.6 Å². The molecule has 5 rings (SSSR count). The average molecular weight is 407 g/mol. The van der Waals surface area contributed by atoms with Crippen molar-refractivity contribution in [3.63, 3.8) is 0 Å². The fraction of sp³-hybridized carbons (Fsp3) is 0.450. The maximum absolute atomic E-state index is 6.19. The van der Waals surface area contributed by atoms with E-state index < -0.39 is 0 Å². The Morgan fingerprint density at radius 3 is 2.87 bits per heavy atom.